The highest BCUT2D eigenvalue weighted by atomic mass is 16.3. The second-order valence-electron chi connectivity index (χ2n) is 6.91. The number of nitrogens with zero attached hydrogens (tertiary/aromatic N) is 2. The van der Waals surface area contributed by atoms with E-state index in [9.17, 15) is 5.11 Å². The average molecular weight is 288 g/mol. The highest BCUT2D eigenvalue weighted by Gasteiger charge is 2.33. The van der Waals surface area contributed by atoms with Crippen molar-refractivity contribution >= 4 is 0 Å². The molecule has 2 atom stereocenters. The molecule has 3 heteroatoms. The first-order valence-electron chi connectivity index (χ1n) is 8.39. The van der Waals surface area contributed by atoms with Crippen LogP contribution in [0.1, 0.15) is 38.2 Å². The van der Waals surface area contributed by atoms with Crippen LogP contribution in [0.5, 0.6) is 0 Å². The molecule has 1 aromatic rings. The van der Waals surface area contributed by atoms with Crippen LogP contribution in [0.3, 0.4) is 0 Å². The van der Waals surface area contributed by atoms with E-state index in [0.29, 0.717) is 6.04 Å². The number of hydrogen-bond donors (Lipinski definition) is 1. The number of β-amino-alcohol motifs (C(OH)–C–C–N with tert-alkyl or cyclic N) is 1. The third kappa shape index (κ3) is 3.65. The molecule has 2 saturated heterocycles. The van der Waals surface area contributed by atoms with Gasteiger partial charge in [0, 0.05) is 19.1 Å². The van der Waals surface area contributed by atoms with Crippen molar-refractivity contribution in [2.45, 2.75) is 44.2 Å². The molecule has 2 aliphatic rings. The molecule has 2 unspecified atom stereocenters. The van der Waals surface area contributed by atoms with Crippen LogP contribution in [-0.2, 0) is 5.60 Å². The first-order chi connectivity index (χ1) is 10.1. The lowest BCUT2D eigenvalue weighted by Crippen LogP contribution is -2.43. The topological polar surface area (TPSA) is 26.7 Å². The van der Waals surface area contributed by atoms with Crippen LogP contribution in [0.15, 0.2) is 30.3 Å². The highest BCUT2D eigenvalue weighted by molar-refractivity contribution is 5.21. The largest absolute Gasteiger partial charge is 0.384 e. The Labute approximate surface area is 128 Å². The summed E-state index contributed by atoms with van der Waals surface area (Å²) in [4.78, 5) is 5.10. The summed E-state index contributed by atoms with van der Waals surface area (Å²) in [6, 6.07) is 10.8. The maximum absolute atomic E-state index is 10.8. The molecule has 2 heterocycles. The Balaban J connectivity index is 1.56. The first kappa shape index (κ1) is 15.0. The molecule has 0 aromatic heterocycles. The number of hydrogen-bond acceptors (Lipinski definition) is 3. The lowest BCUT2D eigenvalue weighted by atomic mass is 9.95. The molecule has 2 fully saturated rings. The van der Waals surface area contributed by atoms with E-state index >= 15 is 0 Å². The molecule has 0 radical (unpaired) electrons. The smallest absolute Gasteiger partial charge is 0.0994 e. The Hall–Kier alpha value is -0.900. The lowest BCUT2D eigenvalue weighted by Gasteiger charge is -2.33. The minimum atomic E-state index is -0.752. The normalized spacial score (nSPS) is 27.6. The van der Waals surface area contributed by atoms with Gasteiger partial charge < -0.3 is 5.11 Å². The molecule has 0 spiro atoms. The number of piperidine rings is 1. The van der Waals surface area contributed by atoms with Crippen molar-refractivity contribution in [3.05, 3.63) is 35.9 Å². The Bertz CT molecular complexity index is 440. The van der Waals surface area contributed by atoms with Crippen LogP contribution >= 0.6 is 0 Å². The minimum absolute atomic E-state index is 0.705. The summed E-state index contributed by atoms with van der Waals surface area (Å²) in [5.74, 6) is 0. The van der Waals surface area contributed by atoms with Crippen molar-refractivity contribution in [3.63, 3.8) is 0 Å². The molecular formula is C18H28N2O. The van der Waals surface area contributed by atoms with E-state index in [0.717, 1.165) is 25.2 Å². The van der Waals surface area contributed by atoms with E-state index in [1.54, 1.807) is 0 Å². The Morgan fingerprint density at radius 1 is 1.10 bits per heavy atom. The van der Waals surface area contributed by atoms with Crippen molar-refractivity contribution in [1.82, 2.24) is 9.80 Å². The highest BCUT2D eigenvalue weighted by Crippen LogP contribution is 2.26. The lowest BCUT2D eigenvalue weighted by molar-refractivity contribution is 0.0202. The Morgan fingerprint density at radius 3 is 2.52 bits per heavy atom. The van der Waals surface area contributed by atoms with Gasteiger partial charge in [-0.25, -0.2) is 0 Å². The van der Waals surface area contributed by atoms with Crippen molar-refractivity contribution in [3.8, 4) is 0 Å². The Morgan fingerprint density at radius 2 is 1.81 bits per heavy atom. The van der Waals surface area contributed by atoms with Gasteiger partial charge in [0.05, 0.1) is 5.60 Å². The van der Waals surface area contributed by atoms with Crippen LogP contribution in [-0.4, -0.2) is 53.7 Å². The summed E-state index contributed by atoms with van der Waals surface area (Å²) < 4.78 is 0. The van der Waals surface area contributed by atoms with Gasteiger partial charge in [-0.05, 0) is 51.4 Å². The molecule has 0 bridgehead atoms. The molecule has 0 amide bonds. The van der Waals surface area contributed by atoms with Crippen LogP contribution in [0, 0.1) is 0 Å². The van der Waals surface area contributed by atoms with Crippen molar-refractivity contribution in [2.24, 2.45) is 0 Å². The molecule has 1 aromatic carbocycles. The maximum Gasteiger partial charge on any atom is 0.0994 e. The van der Waals surface area contributed by atoms with Gasteiger partial charge in [0.15, 0.2) is 0 Å². The second kappa shape index (κ2) is 6.47. The van der Waals surface area contributed by atoms with E-state index < -0.39 is 5.60 Å². The van der Waals surface area contributed by atoms with Gasteiger partial charge in [-0.3, -0.25) is 9.80 Å². The number of aliphatic hydroxyl groups is 1. The zero-order valence-corrected chi connectivity index (χ0v) is 13.2. The van der Waals surface area contributed by atoms with Crippen LogP contribution in [0.4, 0.5) is 0 Å². The molecular weight excluding hydrogens is 260 g/mol. The van der Waals surface area contributed by atoms with E-state index in [1.807, 2.05) is 37.3 Å². The van der Waals surface area contributed by atoms with E-state index in [1.165, 1.54) is 38.8 Å². The molecule has 2 aliphatic heterocycles. The third-order valence-electron chi connectivity index (χ3n) is 5.08. The molecule has 0 aliphatic carbocycles. The standard InChI is InChI=1S/C18H28N2O/c1-18(21,16-8-4-2-5-9-16)15-19-13-10-17(14-19)20-11-6-3-7-12-20/h2,4-5,8-9,17,21H,3,6-7,10-15H2,1H3. The van der Waals surface area contributed by atoms with Crippen molar-refractivity contribution in [2.75, 3.05) is 32.7 Å². The Kier molecular flexibility index (Phi) is 4.63. The fraction of sp³-hybridized carbons (Fsp3) is 0.667. The van der Waals surface area contributed by atoms with Gasteiger partial charge in [0.2, 0.25) is 0 Å². The third-order valence-corrected chi connectivity index (χ3v) is 5.08. The van der Waals surface area contributed by atoms with Crippen LogP contribution in [0.2, 0.25) is 0 Å². The van der Waals surface area contributed by atoms with Gasteiger partial charge in [0.1, 0.15) is 0 Å². The summed E-state index contributed by atoms with van der Waals surface area (Å²) >= 11 is 0. The SMILES string of the molecule is CC(O)(CN1CCC(N2CCCCC2)C1)c1ccccc1. The zero-order chi connectivity index (χ0) is 14.7. The van der Waals surface area contributed by atoms with Gasteiger partial charge in [-0.2, -0.15) is 0 Å². The fourth-order valence-corrected chi connectivity index (χ4v) is 3.86. The summed E-state index contributed by atoms with van der Waals surface area (Å²) in [5.41, 5.74) is 0.268. The summed E-state index contributed by atoms with van der Waals surface area (Å²) in [6.45, 7) is 7.45. The van der Waals surface area contributed by atoms with E-state index in [4.69, 9.17) is 0 Å². The first-order valence-corrected chi connectivity index (χ1v) is 8.39. The van der Waals surface area contributed by atoms with Crippen LogP contribution in [0.25, 0.3) is 0 Å². The minimum Gasteiger partial charge on any atom is -0.384 e. The van der Waals surface area contributed by atoms with E-state index in [-0.39, 0.29) is 0 Å². The predicted octanol–water partition coefficient (Wildman–Crippen LogP) is 2.45. The zero-order valence-electron chi connectivity index (χ0n) is 13.2. The summed E-state index contributed by atoms with van der Waals surface area (Å²) in [7, 11) is 0. The van der Waals surface area contributed by atoms with Crippen LogP contribution < -0.4 is 0 Å². The van der Waals surface area contributed by atoms with Gasteiger partial charge in [-0.15, -0.1) is 0 Å². The summed E-state index contributed by atoms with van der Waals surface area (Å²) in [5, 5.41) is 10.8. The molecule has 21 heavy (non-hydrogen) atoms. The number of benzene rings is 1. The van der Waals surface area contributed by atoms with Crippen molar-refractivity contribution < 1.29 is 5.11 Å². The van der Waals surface area contributed by atoms with Gasteiger partial charge >= 0.3 is 0 Å². The molecule has 3 nitrogen and oxygen atoms in total. The maximum atomic E-state index is 10.8. The average Bonchev–Trinajstić information content (AvgIpc) is 2.97. The summed E-state index contributed by atoms with van der Waals surface area (Å²) in [6.07, 6.45) is 5.37. The molecule has 116 valence electrons. The predicted molar refractivity (Wildman–Crippen MR) is 86.3 cm³/mol. The monoisotopic (exact) mass is 288 g/mol. The van der Waals surface area contributed by atoms with E-state index in [2.05, 4.69) is 9.80 Å². The second-order valence-corrected chi connectivity index (χ2v) is 6.91. The number of likely N-dealkylation sites (tertiary alicyclic amines) is 2. The fourth-order valence-electron chi connectivity index (χ4n) is 3.86. The molecule has 1 N–H and O–H groups in total. The number of rotatable bonds is 4. The quantitative estimate of drug-likeness (QED) is 0.922. The van der Waals surface area contributed by atoms with Gasteiger partial charge in [0.25, 0.3) is 0 Å². The van der Waals surface area contributed by atoms with Gasteiger partial charge in [-0.1, -0.05) is 36.8 Å². The van der Waals surface area contributed by atoms with Crippen molar-refractivity contribution in [1.29, 1.82) is 0 Å². The molecule has 3 rings (SSSR count). The molecule has 0 saturated carbocycles.